The van der Waals surface area contributed by atoms with Gasteiger partial charge < -0.3 is 15.5 Å². The van der Waals surface area contributed by atoms with Gasteiger partial charge in [-0.05, 0) is 36.6 Å². The number of phenols is 2. The van der Waals surface area contributed by atoms with Gasteiger partial charge in [0.2, 0.25) is 0 Å². The Bertz CT molecular complexity index is 326. The Labute approximate surface area is 97.1 Å². The number of rotatable bonds is 6. The Balaban J connectivity index is 2.46. The molecule has 0 saturated carbocycles. The van der Waals surface area contributed by atoms with Crippen LogP contribution >= 0.6 is 0 Å². The highest BCUT2D eigenvalue weighted by Crippen LogP contribution is 2.28. The third-order valence-corrected chi connectivity index (χ3v) is 2.73. The molecule has 0 saturated heterocycles. The van der Waals surface area contributed by atoms with Gasteiger partial charge in [0, 0.05) is 6.54 Å². The fourth-order valence-corrected chi connectivity index (χ4v) is 1.59. The van der Waals surface area contributed by atoms with E-state index in [4.69, 9.17) is 0 Å². The van der Waals surface area contributed by atoms with E-state index in [1.165, 1.54) is 18.9 Å². The number of unbranched alkanes of at least 4 members (excludes halogenated alkanes) is 1. The van der Waals surface area contributed by atoms with Gasteiger partial charge in [0.15, 0.2) is 11.5 Å². The minimum atomic E-state index is -0.0603. The molecular weight excluding hydrogens is 202 g/mol. The van der Waals surface area contributed by atoms with Crippen molar-refractivity contribution in [2.75, 3.05) is 13.1 Å². The summed E-state index contributed by atoms with van der Waals surface area (Å²) in [5, 5.41) is 22.0. The molecule has 1 rings (SSSR count). The predicted molar refractivity (Wildman–Crippen MR) is 66.0 cm³/mol. The van der Waals surface area contributed by atoms with Crippen LogP contribution in [0.2, 0.25) is 0 Å². The highest BCUT2D eigenvalue weighted by atomic mass is 16.3. The van der Waals surface area contributed by atoms with Crippen LogP contribution in [0.5, 0.6) is 11.5 Å². The Morgan fingerprint density at radius 3 is 2.62 bits per heavy atom. The van der Waals surface area contributed by atoms with Crippen LogP contribution in [0.25, 0.3) is 0 Å². The standard InChI is InChI=1S/C13H21NO2/c1-3-4-7-14-9-10(2)11-5-6-12(15)13(16)8-11/h5-6,8,10,14-16H,3-4,7,9H2,1-2H3. The Kier molecular flexibility index (Phi) is 5.12. The van der Waals surface area contributed by atoms with Crippen LogP contribution in [0.3, 0.4) is 0 Å². The maximum atomic E-state index is 9.39. The molecule has 0 amide bonds. The van der Waals surface area contributed by atoms with Crippen molar-refractivity contribution in [3.8, 4) is 11.5 Å². The van der Waals surface area contributed by atoms with Crippen molar-refractivity contribution >= 4 is 0 Å². The Hall–Kier alpha value is -1.22. The number of nitrogens with one attached hydrogen (secondary N) is 1. The molecule has 0 aliphatic carbocycles. The van der Waals surface area contributed by atoms with E-state index in [0.29, 0.717) is 5.92 Å². The van der Waals surface area contributed by atoms with E-state index in [0.717, 1.165) is 18.7 Å². The molecule has 3 N–H and O–H groups in total. The summed E-state index contributed by atoms with van der Waals surface area (Å²) in [7, 11) is 0. The first-order chi connectivity index (χ1) is 7.65. The van der Waals surface area contributed by atoms with E-state index >= 15 is 0 Å². The van der Waals surface area contributed by atoms with Gasteiger partial charge in [0.05, 0.1) is 0 Å². The first-order valence-electron chi connectivity index (χ1n) is 5.87. The van der Waals surface area contributed by atoms with Crippen LogP contribution in [-0.2, 0) is 0 Å². The normalized spacial score (nSPS) is 12.6. The van der Waals surface area contributed by atoms with Crippen LogP contribution < -0.4 is 5.32 Å². The molecule has 1 atom stereocenters. The zero-order valence-electron chi connectivity index (χ0n) is 10.0. The van der Waals surface area contributed by atoms with Crippen molar-refractivity contribution in [1.29, 1.82) is 0 Å². The minimum absolute atomic E-state index is 0.0436. The van der Waals surface area contributed by atoms with Gasteiger partial charge in [-0.25, -0.2) is 0 Å². The zero-order chi connectivity index (χ0) is 12.0. The summed E-state index contributed by atoms with van der Waals surface area (Å²) >= 11 is 0. The lowest BCUT2D eigenvalue weighted by Crippen LogP contribution is -2.21. The third kappa shape index (κ3) is 3.74. The van der Waals surface area contributed by atoms with Crippen molar-refractivity contribution in [2.45, 2.75) is 32.6 Å². The molecule has 0 aliphatic rings. The second kappa shape index (κ2) is 6.38. The first-order valence-corrected chi connectivity index (χ1v) is 5.87. The highest BCUT2D eigenvalue weighted by molar-refractivity contribution is 5.41. The quantitative estimate of drug-likeness (QED) is 0.513. The summed E-state index contributed by atoms with van der Waals surface area (Å²) in [6, 6.07) is 5.01. The minimum Gasteiger partial charge on any atom is -0.504 e. The lowest BCUT2D eigenvalue weighted by Gasteiger charge is -2.13. The summed E-state index contributed by atoms with van der Waals surface area (Å²) in [5.41, 5.74) is 1.04. The molecule has 0 bridgehead atoms. The van der Waals surface area contributed by atoms with Crippen LogP contribution in [0.1, 0.15) is 38.2 Å². The predicted octanol–water partition coefficient (Wildman–Crippen LogP) is 2.59. The largest absolute Gasteiger partial charge is 0.504 e. The first kappa shape index (κ1) is 12.8. The maximum Gasteiger partial charge on any atom is 0.157 e. The van der Waals surface area contributed by atoms with E-state index < -0.39 is 0 Å². The second-order valence-electron chi connectivity index (χ2n) is 4.21. The maximum absolute atomic E-state index is 9.39. The summed E-state index contributed by atoms with van der Waals surface area (Å²) < 4.78 is 0. The molecule has 0 aliphatic heterocycles. The fourth-order valence-electron chi connectivity index (χ4n) is 1.59. The smallest absolute Gasteiger partial charge is 0.157 e. The Morgan fingerprint density at radius 1 is 1.25 bits per heavy atom. The van der Waals surface area contributed by atoms with E-state index in [9.17, 15) is 10.2 Å². The van der Waals surface area contributed by atoms with Crippen LogP contribution in [0.4, 0.5) is 0 Å². The highest BCUT2D eigenvalue weighted by Gasteiger charge is 2.07. The summed E-state index contributed by atoms with van der Waals surface area (Å²) in [4.78, 5) is 0. The number of phenolic OH excluding ortho intramolecular Hbond substituents is 2. The number of hydrogen-bond acceptors (Lipinski definition) is 3. The van der Waals surface area contributed by atoms with Crippen LogP contribution in [-0.4, -0.2) is 23.3 Å². The van der Waals surface area contributed by atoms with Gasteiger partial charge in [0.1, 0.15) is 0 Å². The average Bonchev–Trinajstić information content (AvgIpc) is 2.28. The lowest BCUT2D eigenvalue weighted by molar-refractivity contribution is 0.402. The Morgan fingerprint density at radius 2 is 2.00 bits per heavy atom. The lowest BCUT2D eigenvalue weighted by atomic mass is 10.0. The molecule has 0 radical (unpaired) electrons. The molecule has 90 valence electrons. The zero-order valence-corrected chi connectivity index (χ0v) is 10.0. The molecule has 3 nitrogen and oxygen atoms in total. The van der Waals surface area contributed by atoms with E-state index in [1.54, 1.807) is 6.07 Å². The molecule has 0 fully saturated rings. The molecule has 0 spiro atoms. The monoisotopic (exact) mass is 223 g/mol. The van der Waals surface area contributed by atoms with Gasteiger partial charge in [-0.15, -0.1) is 0 Å². The molecule has 3 heteroatoms. The van der Waals surface area contributed by atoms with Gasteiger partial charge in [-0.2, -0.15) is 0 Å². The molecular formula is C13H21NO2. The van der Waals surface area contributed by atoms with Crippen LogP contribution in [0.15, 0.2) is 18.2 Å². The van der Waals surface area contributed by atoms with Gasteiger partial charge in [-0.1, -0.05) is 26.3 Å². The summed E-state index contributed by atoms with van der Waals surface area (Å²) in [6.45, 7) is 6.20. The van der Waals surface area contributed by atoms with Crippen molar-refractivity contribution in [3.63, 3.8) is 0 Å². The van der Waals surface area contributed by atoms with Crippen molar-refractivity contribution in [1.82, 2.24) is 5.32 Å². The van der Waals surface area contributed by atoms with Gasteiger partial charge in [-0.3, -0.25) is 0 Å². The number of aromatic hydroxyl groups is 2. The van der Waals surface area contributed by atoms with Crippen molar-refractivity contribution < 1.29 is 10.2 Å². The molecule has 1 aromatic rings. The number of hydrogen-bond donors (Lipinski definition) is 3. The SMILES string of the molecule is CCCCNCC(C)c1ccc(O)c(O)c1. The van der Waals surface area contributed by atoms with Crippen molar-refractivity contribution in [2.24, 2.45) is 0 Å². The average molecular weight is 223 g/mol. The van der Waals surface area contributed by atoms with Crippen LogP contribution in [0, 0.1) is 0 Å². The third-order valence-electron chi connectivity index (χ3n) is 2.73. The molecule has 0 heterocycles. The topological polar surface area (TPSA) is 52.5 Å². The molecule has 1 unspecified atom stereocenters. The summed E-state index contributed by atoms with van der Waals surface area (Å²) in [5.74, 6) is 0.233. The second-order valence-corrected chi connectivity index (χ2v) is 4.21. The molecule has 16 heavy (non-hydrogen) atoms. The molecule has 0 aromatic heterocycles. The van der Waals surface area contributed by atoms with E-state index in [-0.39, 0.29) is 11.5 Å². The van der Waals surface area contributed by atoms with E-state index in [2.05, 4.69) is 19.2 Å². The van der Waals surface area contributed by atoms with Crippen molar-refractivity contribution in [3.05, 3.63) is 23.8 Å². The molecule has 1 aromatic carbocycles. The van der Waals surface area contributed by atoms with Gasteiger partial charge >= 0.3 is 0 Å². The number of benzene rings is 1. The fraction of sp³-hybridized carbons (Fsp3) is 0.538. The van der Waals surface area contributed by atoms with Gasteiger partial charge in [0.25, 0.3) is 0 Å². The van der Waals surface area contributed by atoms with E-state index in [1.807, 2.05) is 6.07 Å². The summed E-state index contributed by atoms with van der Waals surface area (Å²) in [6.07, 6.45) is 2.38.